The Hall–Kier alpha value is -15.6. The Morgan fingerprint density at radius 3 is 1.01 bits per heavy atom. The Morgan fingerprint density at radius 2 is 0.671 bits per heavy atom. The van der Waals surface area contributed by atoms with Crippen LogP contribution < -0.4 is 39.3 Å². The van der Waals surface area contributed by atoms with Gasteiger partial charge in [-0.25, -0.2) is 97.3 Å². The van der Waals surface area contributed by atoms with Gasteiger partial charge in [-0.05, 0) is 287 Å². The maximum atomic E-state index is 13.3. The highest BCUT2D eigenvalue weighted by Gasteiger charge is 2.25. The van der Waals surface area contributed by atoms with Crippen LogP contribution in [0.3, 0.4) is 0 Å². The van der Waals surface area contributed by atoms with Gasteiger partial charge >= 0.3 is 25.5 Å². The van der Waals surface area contributed by atoms with Crippen molar-refractivity contribution in [1.29, 1.82) is 0 Å². The molecule has 146 heavy (non-hydrogen) atoms. The van der Waals surface area contributed by atoms with Crippen LogP contribution in [0.2, 0.25) is 0 Å². The number of anilines is 7. The van der Waals surface area contributed by atoms with Crippen LogP contribution in [0.5, 0.6) is 0 Å². The van der Waals surface area contributed by atoms with Gasteiger partial charge in [-0.3, -0.25) is 24.5 Å². The van der Waals surface area contributed by atoms with Crippen molar-refractivity contribution < 1.29 is 87.2 Å². The number of aliphatic carboxylic acids is 3. The molecule has 0 saturated carbocycles. The fourth-order valence-corrected chi connectivity index (χ4v) is 14.5. The van der Waals surface area contributed by atoms with E-state index in [2.05, 4.69) is 59.5 Å². The molecule has 1 aliphatic heterocycles. The zero-order valence-electron chi connectivity index (χ0n) is 82.4. The number of piperidine rings is 1. The van der Waals surface area contributed by atoms with E-state index >= 15 is 0 Å². The summed E-state index contributed by atoms with van der Waals surface area (Å²) in [5.74, 6) is -0.399. The van der Waals surface area contributed by atoms with E-state index in [9.17, 15) is 62.1 Å². The molecule has 0 spiro atoms. The Bertz CT molecular complexity index is 7100. The predicted molar refractivity (Wildman–Crippen MR) is 564 cm³/mol. The van der Waals surface area contributed by atoms with Crippen LogP contribution in [0.15, 0.2) is 260 Å². The summed E-state index contributed by atoms with van der Waals surface area (Å²) in [5.41, 5.74) is 12.4. The van der Waals surface area contributed by atoms with Gasteiger partial charge in [0.25, 0.3) is 0 Å². The number of benzene rings is 7. The molecule has 0 radical (unpaired) electrons. The number of primary sulfonamides is 1. The molecule has 8 N–H and O–H groups in total. The minimum atomic E-state index is -4.24. The molecule has 7 heterocycles. The third-order valence-electron chi connectivity index (χ3n) is 22.0. The zero-order chi connectivity index (χ0) is 107. The van der Waals surface area contributed by atoms with Crippen molar-refractivity contribution in [3.63, 3.8) is 0 Å². The van der Waals surface area contributed by atoms with Crippen LogP contribution in [-0.4, -0.2) is 189 Å². The number of para-hydroxylation sites is 1. The molecule has 6 aromatic heterocycles. The molecule has 14 rings (SSSR count). The Balaban J connectivity index is 0.000000195. The number of rotatable bonds is 30. The minimum absolute atomic E-state index is 0.135. The van der Waals surface area contributed by atoms with E-state index in [1.807, 2.05) is 158 Å². The second kappa shape index (κ2) is 53.6. The van der Waals surface area contributed by atoms with E-state index in [-0.39, 0.29) is 59.1 Å². The van der Waals surface area contributed by atoms with Gasteiger partial charge in [-0.2, -0.15) is 0 Å². The number of hydrogen-bond acceptors (Lipinski definition) is 24. The number of hydrogen-bond donors (Lipinski definition) is 7. The number of carbonyl (C=O) groups is 3. The minimum Gasteiger partial charge on any atom is -0.478 e. The normalized spacial score (nSPS) is 12.2. The van der Waals surface area contributed by atoms with E-state index in [0.717, 1.165) is 105 Å². The van der Waals surface area contributed by atoms with Crippen molar-refractivity contribution in [2.75, 3.05) is 84.8 Å². The molecule has 1 saturated heterocycles. The van der Waals surface area contributed by atoms with Crippen molar-refractivity contribution >= 4 is 123 Å². The summed E-state index contributed by atoms with van der Waals surface area (Å²) in [7, 11) is -0.755. The highest BCUT2D eigenvalue weighted by molar-refractivity contribution is 7.92. The van der Waals surface area contributed by atoms with Crippen molar-refractivity contribution in [1.82, 2.24) is 54.6 Å². The molecule has 1 aliphatic rings. The summed E-state index contributed by atoms with van der Waals surface area (Å²) in [6.07, 6.45) is 20.6. The van der Waals surface area contributed by atoms with Gasteiger partial charge in [0.1, 0.15) is 69.3 Å². The molecule has 0 amide bonds. The van der Waals surface area contributed by atoms with Gasteiger partial charge < -0.3 is 54.5 Å². The molecule has 31 nitrogen and oxygen atoms in total. The van der Waals surface area contributed by atoms with Crippen LogP contribution in [-0.2, 0) is 39.0 Å². The smallest absolute Gasteiger partial charge is 0.349 e. The monoisotopic (exact) mass is 2050 g/mol. The highest BCUT2D eigenvalue weighted by Crippen LogP contribution is 2.40. The molecule has 0 atom stereocenters. The lowest BCUT2D eigenvalue weighted by atomic mass is 10.0. The number of sulfonamides is 2. The predicted octanol–water partition coefficient (Wildman–Crippen LogP) is 20.3. The van der Waals surface area contributed by atoms with Gasteiger partial charge in [0.2, 0.25) is 20.0 Å². The fourth-order valence-electron chi connectivity index (χ4n) is 13.3. The maximum absolute atomic E-state index is 13.3. The van der Waals surface area contributed by atoms with Crippen molar-refractivity contribution in [3.05, 3.63) is 329 Å². The van der Waals surface area contributed by atoms with Crippen molar-refractivity contribution in [2.24, 2.45) is 5.14 Å². The van der Waals surface area contributed by atoms with Gasteiger partial charge in [0.05, 0.1) is 59.0 Å². The molecule has 0 unspecified atom stereocenters. The third-order valence-corrected chi connectivity index (χ3v) is 24.1. The number of nitrogens with one attached hydrogen (secondary N) is 1. The number of nitrogens with zero attached hydrogens (tertiary/aromatic N) is 16. The second-order valence-corrected chi connectivity index (χ2v) is 38.4. The summed E-state index contributed by atoms with van der Waals surface area (Å²) >= 11 is 0. The summed E-state index contributed by atoms with van der Waals surface area (Å²) in [6.45, 7) is 17.8. The first-order valence-corrected chi connectivity index (χ1v) is 50.3. The van der Waals surface area contributed by atoms with Gasteiger partial charge in [0, 0.05) is 146 Å². The molecular formula is C106H113F6N18O13PS2. The molecule has 1 fully saturated rings. The topological polar surface area (TPSA) is 424 Å². The van der Waals surface area contributed by atoms with Crippen LogP contribution in [0.4, 0.5) is 66.9 Å². The SMILES string of the molecule is CC(C)N(C)c1nc(/C=C/C(=O)O)cnc1-c1ccc(F)cc1.CC(C)N(C)c1nc(/C=C/P(=O)(O)O)ccc1-c1ccc(F)cc1.CC(C)N(C)c1nc(/C=C/S(N)(=O)=O)cnc1-c1ccc(F)cc1.CN(c1ccccc1)c1nc(/C=C/C(=O)O)ccc1-c1ccc(F)cc1.CNS(=O)(=O)/C=C/c1cnc(-c2ccc(F)cc2)c(N(C)C(C)C)n1.O=C(O)/C=C/c1cnc(-c2ccc(F)cc2)c(N2CCCCC2)n1. The lowest BCUT2D eigenvalue weighted by molar-refractivity contribution is -0.132. The molecule has 0 bridgehead atoms. The summed E-state index contributed by atoms with van der Waals surface area (Å²) in [5, 5.41) is 33.2. The van der Waals surface area contributed by atoms with E-state index in [0.29, 0.717) is 97.4 Å². The first kappa shape index (κ1) is 114. The zero-order valence-corrected chi connectivity index (χ0v) is 84.9. The third kappa shape index (κ3) is 35.4. The van der Waals surface area contributed by atoms with Gasteiger partial charge in [0.15, 0.2) is 23.3 Å². The average Bonchev–Trinajstić information content (AvgIpc) is 0.838. The molecule has 13 aromatic rings. The summed E-state index contributed by atoms with van der Waals surface area (Å²) in [6, 6.07) is 53.8. The largest absolute Gasteiger partial charge is 0.478 e. The first-order valence-electron chi connectivity index (χ1n) is 45.4. The number of aromatic nitrogens is 10. The Labute approximate surface area is 844 Å². The number of halogens is 6. The van der Waals surface area contributed by atoms with E-state index in [4.69, 9.17) is 30.2 Å². The van der Waals surface area contributed by atoms with E-state index in [1.165, 1.54) is 148 Å². The standard InChI is InChI=1S/C21H17FN2O2.C18H18FN3O2.C17H21FN4O2S.C17H18FN3O2.C17H20FN2O3P.C16H19FN4O2S/c1-24(18-5-3-2-4-6-18)21-19(15-7-9-16(22)10-8-15)13-11-17(23-21)12-14-20(25)26;19-14-6-4-13(5-7-14)17-18(22-10-2-1-3-11-22)21-15(12-20-17)8-9-16(23)24;1-12(2)22(4)17-16(13-5-7-14(18)8-6-13)20-11-15(21-17)9-10-25(23,24)19-3;1-11(2)21(3)17-16(12-4-6-13(18)7-5-12)19-10-14(20-17)8-9-15(22)23;1-12(2)20(3)17-16(13-4-6-14(18)7-5-13)9-8-15(19-17)10-11-24(21,22)23;1-11(2)21(3)16-15(12-4-6-13(17)7-5-12)19-10-14(20-16)8-9-24(18,22)23/h2-14H,1H3,(H,25,26);4-9,12H,1-3,10-11H2,(H,23,24);5-12,19H,1-4H3;4-11H,1-3H3,(H,22,23);4-12H,1-3H3,(H2,21,22,23);4-11H,1-3H3,(H2,18,22,23)/b14-12+;9-8+;10-9+;9-8+;11-10+;9-8+. The van der Waals surface area contributed by atoms with Crippen molar-refractivity contribution in [2.45, 2.75) is 98.8 Å². The van der Waals surface area contributed by atoms with E-state index in [1.54, 1.807) is 84.9 Å². The molecule has 0 aliphatic carbocycles. The average molecular weight is 2060 g/mol. The first-order chi connectivity index (χ1) is 69.1. The van der Waals surface area contributed by atoms with Gasteiger partial charge in [-0.1, -0.05) is 42.5 Å². The van der Waals surface area contributed by atoms with Crippen LogP contribution >= 0.6 is 7.60 Å². The van der Waals surface area contributed by atoms with Crippen molar-refractivity contribution in [3.8, 4) is 67.3 Å². The Morgan fingerprint density at radius 1 is 0.377 bits per heavy atom. The van der Waals surface area contributed by atoms with Gasteiger partial charge in [-0.15, -0.1) is 0 Å². The Kier molecular flexibility index (Phi) is 41.9. The lowest BCUT2D eigenvalue weighted by Gasteiger charge is -2.29. The number of pyridine rings is 2. The maximum Gasteiger partial charge on any atom is 0.349 e. The fraction of sp³-hybridized carbons (Fsp3) is 0.217. The lowest BCUT2D eigenvalue weighted by Crippen LogP contribution is -2.31. The second-order valence-electron chi connectivity index (χ2n) is 33.7. The highest BCUT2D eigenvalue weighted by atomic mass is 32.2. The summed E-state index contributed by atoms with van der Waals surface area (Å²) < 4.78 is 137. The number of carboxylic acid groups (broad SMARTS) is 3. The van der Waals surface area contributed by atoms with Crippen LogP contribution in [0.25, 0.3) is 104 Å². The molecule has 40 heteroatoms. The molecule has 764 valence electrons. The molecular weight excluding hydrogens is 1940 g/mol. The number of nitrogens with two attached hydrogens (primary N) is 1. The summed E-state index contributed by atoms with van der Waals surface area (Å²) in [4.78, 5) is 107. The quantitative estimate of drug-likeness (QED) is 0.0125. The number of carboxylic acids is 3. The molecule has 7 aromatic carbocycles. The van der Waals surface area contributed by atoms with Crippen LogP contribution in [0, 0.1) is 34.9 Å². The van der Waals surface area contributed by atoms with Crippen LogP contribution in [0.1, 0.15) is 109 Å². The van der Waals surface area contributed by atoms with E-state index < -0.39 is 45.6 Å².